The second-order valence-corrected chi connectivity index (χ2v) is 6.99. The molecule has 130 valence electrons. The minimum absolute atomic E-state index is 0.00155. The number of cyclic esters (lactones) is 1. The molecule has 1 saturated heterocycles. The van der Waals surface area contributed by atoms with Gasteiger partial charge in [0.1, 0.15) is 0 Å². The minimum Gasteiger partial charge on any atom is -0.465 e. The summed E-state index contributed by atoms with van der Waals surface area (Å²) in [7, 11) is 0. The van der Waals surface area contributed by atoms with Crippen molar-refractivity contribution in [2.45, 2.75) is 45.8 Å². The fraction of sp³-hybridized carbons (Fsp3) is 0.529. The summed E-state index contributed by atoms with van der Waals surface area (Å²) in [5.74, 6) is -1.57. The van der Waals surface area contributed by atoms with Crippen molar-refractivity contribution in [3.63, 3.8) is 0 Å². The fourth-order valence-electron chi connectivity index (χ4n) is 2.90. The van der Waals surface area contributed by atoms with Crippen molar-refractivity contribution in [2.24, 2.45) is 5.41 Å². The highest BCUT2D eigenvalue weighted by Crippen LogP contribution is 2.44. The Kier molecular flexibility index (Phi) is 5.42. The molecular weight excluding hydrogens is 378 g/mol. The first-order valence-electron chi connectivity index (χ1n) is 7.86. The lowest BCUT2D eigenvalue weighted by molar-refractivity contribution is -0.685. The predicted octanol–water partition coefficient (Wildman–Crippen LogP) is 1.97. The van der Waals surface area contributed by atoms with Crippen LogP contribution in [0.1, 0.15) is 33.6 Å². The van der Waals surface area contributed by atoms with Gasteiger partial charge in [-0.25, -0.2) is 0 Å². The first-order valence-corrected chi connectivity index (χ1v) is 8.65. The van der Waals surface area contributed by atoms with Gasteiger partial charge in [0.2, 0.25) is 12.3 Å². The van der Waals surface area contributed by atoms with Gasteiger partial charge in [-0.05, 0) is 42.3 Å². The first kappa shape index (κ1) is 18.6. The Morgan fingerprint density at radius 3 is 2.71 bits per heavy atom. The third-order valence-corrected chi connectivity index (χ3v) is 4.82. The van der Waals surface area contributed by atoms with Crippen LogP contribution < -0.4 is 4.57 Å². The Labute approximate surface area is 149 Å². The number of halogens is 1. The standard InChI is InChI=1S/C17H21BrNO5/c1-4-17(14(21)23-5-2)11-16(3,24-15(17)22)13(20)10-19-8-6-7-12(18)9-19/h6-9H,4-5,10-11H2,1-3H3/q+1/t16-,17-/m1/s1. The zero-order valence-electron chi connectivity index (χ0n) is 14.0. The van der Waals surface area contributed by atoms with E-state index in [0.717, 1.165) is 4.47 Å². The molecule has 0 aliphatic carbocycles. The number of hydrogen-bond donors (Lipinski definition) is 0. The summed E-state index contributed by atoms with van der Waals surface area (Å²) in [5, 5.41) is 0. The van der Waals surface area contributed by atoms with E-state index in [1.54, 1.807) is 43.8 Å². The van der Waals surface area contributed by atoms with E-state index in [1.165, 1.54) is 0 Å². The summed E-state index contributed by atoms with van der Waals surface area (Å²) in [6.45, 7) is 5.17. The van der Waals surface area contributed by atoms with E-state index >= 15 is 0 Å². The van der Waals surface area contributed by atoms with Gasteiger partial charge in [-0.3, -0.25) is 14.4 Å². The van der Waals surface area contributed by atoms with Crippen molar-refractivity contribution in [1.29, 1.82) is 0 Å². The highest BCUT2D eigenvalue weighted by molar-refractivity contribution is 9.10. The predicted molar refractivity (Wildman–Crippen MR) is 87.8 cm³/mol. The number of nitrogens with zero attached hydrogens (tertiary/aromatic N) is 1. The van der Waals surface area contributed by atoms with E-state index in [-0.39, 0.29) is 31.8 Å². The Hall–Kier alpha value is -1.76. The lowest BCUT2D eigenvalue weighted by Crippen LogP contribution is -2.47. The second-order valence-electron chi connectivity index (χ2n) is 6.07. The molecule has 2 heterocycles. The van der Waals surface area contributed by atoms with Crippen molar-refractivity contribution < 1.29 is 28.4 Å². The minimum atomic E-state index is -1.40. The number of esters is 2. The molecule has 1 fully saturated rings. The molecule has 7 heteroatoms. The number of pyridine rings is 1. The van der Waals surface area contributed by atoms with E-state index in [4.69, 9.17) is 9.47 Å². The van der Waals surface area contributed by atoms with Gasteiger partial charge in [-0.1, -0.05) is 6.92 Å². The Morgan fingerprint density at radius 1 is 1.42 bits per heavy atom. The molecule has 2 atom stereocenters. The highest BCUT2D eigenvalue weighted by Gasteiger charge is 2.62. The summed E-state index contributed by atoms with van der Waals surface area (Å²) in [5.41, 5.74) is -2.74. The maximum absolute atomic E-state index is 12.7. The van der Waals surface area contributed by atoms with Gasteiger partial charge in [-0.2, -0.15) is 4.57 Å². The van der Waals surface area contributed by atoms with E-state index in [2.05, 4.69) is 15.9 Å². The second kappa shape index (κ2) is 7.01. The summed E-state index contributed by atoms with van der Waals surface area (Å²) in [4.78, 5) is 37.4. The molecule has 0 N–H and O–H groups in total. The Balaban J connectivity index is 2.22. The van der Waals surface area contributed by atoms with Crippen LogP contribution >= 0.6 is 15.9 Å². The van der Waals surface area contributed by atoms with Crippen LogP contribution in [0.25, 0.3) is 0 Å². The number of carbonyl (C=O) groups excluding carboxylic acids is 3. The molecule has 6 nitrogen and oxygen atoms in total. The lowest BCUT2D eigenvalue weighted by Gasteiger charge is -2.22. The molecule has 0 amide bonds. The van der Waals surface area contributed by atoms with E-state index in [9.17, 15) is 14.4 Å². The first-order chi connectivity index (χ1) is 11.3. The SMILES string of the molecule is CCOC(=O)[C@@]1(CC)C[C@](C)(C(=O)C[n+]2cccc(Br)c2)OC1=O. The molecule has 0 spiro atoms. The summed E-state index contributed by atoms with van der Waals surface area (Å²) in [6, 6.07) is 3.65. The third kappa shape index (κ3) is 3.36. The van der Waals surface area contributed by atoms with Crippen LogP contribution in [0.5, 0.6) is 0 Å². The topological polar surface area (TPSA) is 73.6 Å². The van der Waals surface area contributed by atoms with E-state index < -0.39 is 23.0 Å². The number of rotatable bonds is 6. The summed E-state index contributed by atoms with van der Waals surface area (Å²) < 4.78 is 12.9. The number of ketones is 1. The third-order valence-electron chi connectivity index (χ3n) is 4.36. The van der Waals surface area contributed by atoms with Crippen LogP contribution in [0.3, 0.4) is 0 Å². The largest absolute Gasteiger partial charge is 0.465 e. The zero-order valence-corrected chi connectivity index (χ0v) is 15.6. The van der Waals surface area contributed by atoms with Crippen LogP contribution in [0, 0.1) is 5.41 Å². The average molecular weight is 399 g/mol. The number of aromatic nitrogens is 1. The maximum atomic E-state index is 12.7. The lowest BCUT2D eigenvalue weighted by atomic mass is 9.77. The highest BCUT2D eigenvalue weighted by atomic mass is 79.9. The molecule has 1 aromatic rings. The van der Waals surface area contributed by atoms with Gasteiger partial charge < -0.3 is 9.47 Å². The van der Waals surface area contributed by atoms with Crippen molar-refractivity contribution in [3.8, 4) is 0 Å². The summed E-state index contributed by atoms with van der Waals surface area (Å²) in [6.07, 6.45) is 3.75. The van der Waals surface area contributed by atoms with Gasteiger partial charge in [0.05, 0.1) is 11.1 Å². The van der Waals surface area contributed by atoms with Crippen LogP contribution in [-0.2, 0) is 30.4 Å². The monoisotopic (exact) mass is 398 g/mol. The molecule has 1 aromatic heterocycles. The van der Waals surface area contributed by atoms with Gasteiger partial charge in [-0.15, -0.1) is 0 Å². The zero-order chi connectivity index (χ0) is 18.0. The fourth-order valence-corrected chi connectivity index (χ4v) is 3.32. The van der Waals surface area contributed by atoms with Gasteiger partial charge in [0.15, 0.2) is 23.4 Å². The van der Waals surface area contributed by atoms with Crippen LogP contribution in [0.4, 0.5) is 0 Å². The molecule has 0 aromatic carbocycles. The molecule has 0 bridgehead atoms. The molecule has 0 radical (unpaired) electrons. The number of Topliss-reactive ketones (excluding diaryl/α,β-unsaturated/α-hetero) is 1. The van der Waals surface area contributed by atoms with Crippen molar-refractivity contribution >= 4 is 33.7 Å². The van der Waals surface area contributed by atoms with Crippen LogP contribution in [0.2, 0.25) is 0 Å². The van der Waals surface area contributed by atoms with Crippen LogP contribution in [-0.4, -0.2) is 29.9 Å². The molecule has 0 saturated carbocycles. The molecule has 2 rings (SSSR count). The molecule has 24 heavy (non-hydrogen) atoms. The number of ether oxygens (including phenoxy) is 2. The van der Waals surface area contributed by atoms with Gasteiger partial charge in [0, 0.05) is 12.5 Å². The number of hydrogen-bond acceptors (Lipinski definition) is 5. The maximum Gasteiger partial charge on any atom is 0.324 e. The average Bonchev–Trinajstić information content (AvgIpc) is 2.80. The van der Waals surface area contributed by atoms with Crippen LogP contribution in [0.15, 0.2) is 29.0 Å². The molecule has 0 unspecified atom stereocenters. The normalized spacial score (nSPS) is 26.1. The molecule has 1 aliphatic rings. The van der Waals surface area contributed by atoms with E-state index in [1.807, 2.05) is 6.07 Å². The molecular formula is C17H21BrNO5+. The van der Waals surface area contributed by atoms with Gasteiger partial charge >= 0.3 is 11.9 Å². The quantitative estimate of drug-likeness (QED) is 0.416. The van der Waals surface area contributed by atoms with Crippen molar-refractivity contribution in [3.05, 3.63) is 29.0 Å². The van der Waals surface area contributed by atoms with Crippen molar-refractivity contribution in [1.82, 2.24) is 0 Å². The van der Waals surface area contributed by atoms with Gasteiger partial charge in [0.25, 0.3) is 0 Å². The Bertz CT molecular complexity index is 677. The summed E-state index contributed by atoms with van der Waals surface area (Å²) >= 11 is 3.35. The smallest absolute Gasteiger partial charge is 0.324 e. The molecule has 1 aliphatic heterocycles. The van der Waals surface area contributed by atoms with Crippen molar-refractivity contribution in [2.75, 3.05) is 6.61 Å². The Morgan fingerprint density at radius 2 is 2.12 bits per heavy atom. The van der Waals surface area contributed by atoms with E-state index in [0.29, 0.717) is 0 Å². The number of carbonyl (C=O) groups is 3.